The molecule has 1 atom stereocenters. The van der Waals surface area contributed by atoms with Crippen molar-refractivity contribution in [3.63, 3.8) is 0 Å². The van der Waals surface area contributed by atoms with Crippen LogP contribution in [0.3, 0.4) is 0 Å². The highest BCUT2D eigenvalue weighted by molar-refractivity contribution is 6.30. The van der Waals surface area contributed by atoms with Gasteiger partial charge in [0.2, 0.25) is 0 Å². The maximum atomic E-state index is 12.4. The molecule has 0 spiro atoms. The monoisotopic (exact) mass is 310 g/mol. The zero-order chi connectivity index (χ0) is 15.4. The van der Waals surface area contributed by atoms with Crippen molar-refractivity contribution in [1.29, 1.82) is 0 Å². The summed E-state index contributed by atoms with van der Waals surface area (Å²) in [6.07, 6.45) is 0. The number of rotatable bonds is 3. The Morgan fingerprint density at radius 3 is 2.62 bits per heavy atom. The van der Waals surface area contributed by atoms with Crippen molar-refractivity contribution in [2.75, 3.05) is 26.2 Å². The Hall–Kier alpha value is -1.79. The van der Waals surface area contributed by atoms with Gasteiger partial charge in [0.1, 0.15) is 0 Å². The summed E-state index contributed by atoms with van der Waals surface area (Å²) in [6.45, 7) is 4.46. The van der Waals surface area contributed by atoms with Gasteiger partial charge in [-0.05, 0) is 25.1 Å². The number of hydrogen-bond donors (Lipinski definition) is 2. The lowest BCUT2D eigenvalue weighted by Crippen LogP contribution is -2.54. The molecule has 1 aromatic rings. The minimum Gasteiger partial charge on any atom is -0.409 e. The lowest BCUT2D eigenvalue weighted by atomic mass is 10.1. The van der Waals surface area contributed by atoms with Crippen LogP contribution in [-0.2, 0) is 0 Å². The van der Waals surface area contributed by atoms with Crippen molar-refractivity contribution in [1.82, 2.24) is 9.80 Å². The molecule has 1 saturated heterocycles. The predicted molar refractivity (Wildman–Crippen MR) is 81.8 cm³/mol. The molecule has 1 fully saturated rings. The maximum Gasteiger partial charge on any atom is 0.253 e. The van der Waals surface area contributed by atoms with E-state index in [4.69, 9.17) is 22.5 Å². The number of hydrogen-bond acceptors (Lipinski definition) is 4. The molecule has 114 valence electrons. The first-order valence-corrected chi connectivity index (χ1v) is 7.17. The Kier molecular flexibility index (Phi) is 5.03. The summed E-state index contributed by atoms with van der Waals surface area (Å²) >= 11 is 5.91. The molecular weight excluding hydrogens is 292 g/mol. The Labute approximate surface area is 128 Å². The molecule has 1 aromatic carbocycles. The van der Waals surface area contributed by atoms with Crippen LogP contribution in [0, 0.1) is 0 Å². The van der Waals surface area contributed by atoms with Gasteiger partial charge in [0.25, 0.3) is 5.91 Å². The fraction of sp³-hybridized carbons (Fsp3) is 0.429. The minimum atomic E-state index is -0.140. The Morgan fingerprint density at radius 1 is 1.38 bits per heavy atom. The van der Waals surface area contributed by atoms with Crippen LogP contribution in [0.2, 0.25) is 5.02 Å². The first-order chi connectivity index (χ1) is 10.0. The third-order valence-electron chi connectivity index (χ3n) is 3.76. The van der Waals surface area contributed by atoms with Crippen LogP contribution in [-0.4, -0.2) is 59.0 Å². The van der Waals surface area contributed by atoms with Gasteiger partial charge in [-0.25, -0.2) is 0 Å². The van der Waals surface area contributed by atoms with Gasteiger partial charge in [0.05, 0.1) is 6.04 Å². The Morgan fingerprint density at radius 2 is 2.05 bits per heavy atom. The van der Waals surface area contributed by atoms with E-state index in [1.807, 2.05) is 6.92 Å². The van der Waals surface area contributed by atoms with Crippen LogP contribution in [0.1, 0.15) is 17.3 Å². The quantitative estimate of drug-likeness (QED) is 0.381. The van der Waals surface area contributed by atoms with Crippen molar-refractivity contribution in [2.24, 2.45) is 10.9 Å². The van der Waals surface area contributed by atoms with E-state index in [0.717, 1.165) is 0 Å². The maximum absolute atomic E-state index is 12.4. The zero-order valence-electron chi connectivity index (χ0n) is 11.9. The normalized spacial score (nSPS) is 18.6. The summed E-state index contributed by atoms with van der Waals surface area (Å²) in [4.78, 5) is 16.3. The molecule has 6 nitrogen and oxygen atoms in total. The van der Waals surface area contributed by atoms with Crippen LogP contribution in [0.15, 0.2) is 29.4 Å². The number of amides is 1. The molecule has 7 heteroatoms. The van der Waals surface area contributed by atoms with Gasteiger partial charge in [-0.3, -0.25) is 9.69 Å². The van der Waals surface area contributed by atoms with Crippen molar-refractivity contribution in [2.45, 2.75) is 13.0 Å². The zero-order valence-corrected chi connectivity index (χ0v) is 12.6. The van der Waals surface area contributed by atoms with Gasteiger partial charge in [0.15, 0.2) is 5.84 Å². The first-order valence-electron chi connectivity index (χ1n) is 6.79. The summed E-state index contributed by atoms with van der Waals surface area (Å²) in [6, 6.07) is 6.81. The van der Waals surface area contributed by atoms with Gasteiger partial charge in [-0.2, -0.15) is 0 Å². The third kappa shape index (κ3) is 3.65. The number of nitrogens with zero attached hydrogens (tertiary/aromatic N) is 3. The van der Waals surface area contributed by atoms with Gasteiger partial charge in [-0.15, -0.1) is 0 Å². The number of halogens is 1. The van der Waals surface area contributed by atoms with E-state index < -0.39 is 0 Å². The molecule has 0 radical (unpaired) electrons. The number of oxime groups is 1. The average Bonchev–Trinajstić information content (AvgIpc) is 2.53. The van der Waals surface area contributed by atoms with Crippen LogP contribution >= 0.6 is 11.6 Å². The second kappa shape index (κ2) is 6.78. The number of carbonyl (C=O) groups is 1. The number of benzene rings is 1. The van der Waals surface area contributed by atoms with Crippen LogP contribution in [0.5, 0.6) is 0 Å². The molecule has 1 aliphatic heterocycles. The molecule has 1 amide bonds. The second-order valence-electron chi connectivity index (χ2n) is 5.04. The molecule has 1 heterocycles. The molecule has 0 aromatic heterocycles. The molecule has 1 unspecified atom stereocenters. The fourth-order valence-corrected chi connectivity index (χ4v) is 2.58. The molecular formula is C14H19ClN4O2. The van der Waals surface area contributed by atoms with E-state index in [0.29, 0.717) is 36.8 Å². The lowest BCUT2D eigenvalue weighted by Gasteiger charge is -2.37. The van der Waals surface area contributed by atoms with Gasteiger partial charge in [-0.1, -0.05) is 22.8 Å². The van der Waals surface area contributed by atoms with E-state index >= 15 is 0 Å². The highest BCUT2D eigenvalue weighted by Gasteiger charge is 2.26. The van der Waals surface area contributed by atoms with E-state index in [9.17, 15) is 4.79 Å². The third-order valence-corrected chi connectivity index (χ3v) is 4.00. The van der Waals surface area contributed by atoms with Crippen LogP contribution in [0.4, 0.5) is 0 Å². The van der Waals surface area contributed by atoms with Crippen LogP contribution in [0.25, 0.3) is 0 Å². The molecule has 2 rings (SSSR count). The molecule has 0 bridgehead atoms. The smallest absolute Gasteiger partial charge is 0.253 e. The van der Waals surface area contributed by atoms with Crippen molar-refractivity contribution >= 4 is 23.3 Å². The first kappa shape index (κ1) is 15.6. The standard InChI is InChI=1S/C14H19ClN4O2/c1-10(13(16)17-21)18-5-7-19(8-6-18)14(20)11-3-2-4-12(15)9-11/h2-4,9-10,21H,5-8H2,1H3,(H2,16,17). The van der Waals surface area contributed by atoms with E-state index in [-0.39, 0.29) is 17.8 Å². The summed E-state index contributed by atoms with van der Waals surface area (Å²) < 4.78 is 0. The Balaban J connectivity index is 1.96. The molecule has 0 aliphatic carbocycles. The number of nitrogens with two attached hydrogens (primary N) is 1. The molecule has 3 N–H and O–H groups in total. The van der Waals surface area contributed by atoms with Crippen molar-refractivity contribution in [3.8, 4) is 0 Å². The second-order valence-corrected chi connectivity index (χ2v) is 5.48. The van der Waals surface area contributed by atoms with Gasteiger partial charge < -0.3 is 15.8 Å². The highest BCUT2D eigenvalue weighted by Crippen LogP contribution is 2.15. The number of carbonyl (C=O) groups excluding carboxylic acids is 1. The van der Waals surface area contributed by atoms with E-state index in [2.05, 4.69) is 10.1 Å². The van der Waals surface area contributed by atoms with Gasteiger partial charge in [0, 0.05) is 36.8 Å². The largest absolute Gasteiger partial charge is 0.409 e. The average molecular weight is 311 g/mol. The SMILES string of the molecule is CC(C(N)=NO)N1CCN(C(=O)c2cccc(Cl)c2)CC1. The molecule has 1 aliphatic rings. The van der Waals surface area contributed by atoms with E-state index in [1.54, 1.807) is 29.2 Å². The summed E-state index contributed by atoms with van der Waals surface area (Å²) in [5.41, 5.74) is 6.21. The Bertz CT molecular complexity index is 542. The van der Waals surface area contributed by atoms with Crippen molar-refractivity contribution in [3.05, 3.63) is 34.9 Å². The van der Waals surface area contributed by atoms with E-state index in [1.165, 1.54) is 0 Å². The van der Waals surface area contributed by atoms with Gasteiger partial charge >= 0.3 is 0 Å². The summed E-state index contributed by atoms with van der Waals surface area (Å²) in [5.74, 6) is 0.165. The molecule has 0 saturated carbocycles. The summed E-state index contributed by atoms with van der Waals surface area (Å²) in [5, 5.41) is 12.3. The number of amidine groups is 1. The van der Waals surface area contributed by atoms with Crippen molar-refractivity contribution < 1.29 is 10.0 Å². The topological polar surface area (TPSA) is 82.2 Å². The number of piperazine rings is 1. The highest BCUT2D eigenvalue weighted by atomic mass is 35.5. The predicted octanol–water partition coefficient (Wildman–Crippen LogP) is 1.23. The lowest BCUT2D eigenvalue weighted by molar-refractivity contribution is 0.0619. The van der Waals surface area contributed by atoms with Crippen LogP contribution < -0.4 is 5.73 Å². The minimum absolute atomic E-state index is 0.0198. The summed E-state index contributed by atoms with van der Waals surface area (Å²) in [7, 11) is 0. The molecule has 21 heavy (non-hydrogen) atoms. The fourth-order valence-electron chi connectivity index (χ4n) is 2.39.